The lowest BCUT2D eigenvalue weighted by Gasteiger charge is -2.20. The first kappa shape index (κ1) is 13.9. The van der Waals surface area contributed by atoms with Gasteiger partial charge in [0, 0.05) is 12.1 Å². The molecular formula is C17H20N2O2. The van der Waals surface area contributed by atoms with Gasteiger partial charge in [0.2, 0.25) is 0 Å². The van der Waals surface area contributed by atoms with Crippen LogP contribution >= 0.6 is 0 Å². The topological polar surface area (TPSA) is 54.3 Å². The molecular weight excluding hydrogens is 264 g/mol. The first-order valence-corrected chi connectivity index (χ1v) is 7.34. The Kier molecular flexibility index (Phi) is 3.80. The average Bonchev–Trinajstić information content (AvgIpc) is 2.93. The van der Waals surface area contributed by atoms with Gasteiger partial charge >= 0.3 is 0 Å². The minimum Gasteiger partial charge on any atom is -0.464 e. The molecule has 1 aliphatic rings. The number of rotatable bonds is 3. The maximum atomic E-state index is 12.5. The van der Waals surface area contributed by atoms with Crippen LogP contribution in [-0.2, 0) is 13.0 Å². The van der Waals surface area contributed by atoms with E-state index in [1.165, 1.54) is 5.56 Å². The zero-order valence-electron chi connectivity index (χ0n) is 12.4. The Morgan fingerprint density at radius 2 is 2.19 bits per heavy atom. The van der Waals surface area contributed by atoms with Crippen LogP contribution in [0.5, 0.6) is 0 Å². The van der Waals surface area contributed by atoms with E-state index in [9.17, 15) is 4.79 Å². The first-order chi connectivity index (χ1) is 10.1. The predicted octanol–water partition coefficient (Wildman–Crippen LogP) is 2.72. The van der Waals surface area contributed by atoms with Crippen molar-refractivity contribution in [3.63, 3.8) is 0 Å². The van der Waals surface area contributed by atoms with Crippen LogP contribution in [0.15, 0.2) is 34.7 Å². The van der Waals surface area contributed by atoms with E-state index in [2.05, 4.69) is 16.7 Å². The zero-order chi connectivity index (χ0) is 14.8. The van der Waals surface area contributed by atoms with Crippen molar-refractivity contribution in [3.8, 4) is 0 Å². The summed E-state index contributed by atoms with van der Waals surface area (Å²) in [5.41, 5.74) is 3.16. The molecule has 3 rings (SSSR count). The smallest absolute Gasteiger partial charge is 0.252 e. The van der Waals surface area contributed by atoms with Crippen molar-refractivity contribution in [3.05, 3.63) is 58.5 Å². The standard InChI is InChI=1S/C17H20N2O2/c1-11-6-7-16(21-11)12(2)19-17(20)15-5-3-4-13-10-18-9-8-14(13)15/h3-7,12,18H,8-10H2,1-2H3,(H,19,20). The normalized spacial score (nSPS) is 15.3. The summed E-state index contributed by atoms with van der Waals surface area (Å²) in [6, 6.07) is 9.61. The molecule has 0 radical (unpaired) electrons. The Morgan fingerprint density at radius 1 is 1.33 bits per heavy atom. The van der Waals surface area contributed by atoms with Crippen molar-refractivity contribution in [1.29, 1.82) is 0 Å². The van der Waals surface area contributed by atoms with E-state index in [1.807, 2.05) is 38.1 Å². The maximum Gasteiger partial charge on any atom is 0.252 e. The molecule has 1 amide bonds. The molecule has 110 valence electrons. The monoisotopic (exact) mass is 284 g/mol. The highest BCUT2D eigenvalue weighted by Crippen LogP contribution is 2.21. The molecule has 0 spiro atoms. The van der Waals surface area contributed by atoms with Crippen LogP contribution in [0.25, 0.3) is 0 Å². The second kappa shape index (κ2) is 5.74. The number of hydrogen-bond donors (Lipinski definition) is 2. The highest BCUT2D eigenvalue weighted by atomic mass is 16.3. The third-order valence-electron chi connectivity index (χ3n) is 3.92. The van der Waals surface area contributed by atoms with Gasteiger partial charge in [-0.1, -0.05) is 12.1 Å². The lowest BCUT2D eigenvalue weighted by molar-refractivity contribution is 0.0934. The van der Waals surface area contributed by atoms with E-state index >= 15 is 0 Å². The molecule has 2 N–H and O–H groups in total. The fraction of sp³-hybridized carbons (Fsp3) is 0.353. The summed E-state index contributed by atoms with van der Waals surface area (Å²) >= 11 is 0. The van der Waals surface area contributed by atoms with Gasteiger partial charge in [-0.3, -0.25) is 4.79 Å². The molecule has 2 aromatic rings. The minimum atomic E-state index is -0.135. The van der Waals surface area contributed by atoms with E-state index in [4.69, 9.17) is 4.42 Å². The molecule has 0 aliphatic carbocycles. The van der Waals surface area contributed by atoms with E-state index in [0.29, 0.717) is 0 Å². The molecule has 4 heteroatoms. The molecule has 0 saturated carbocycles. The molecule has 0 saturated heterocycles. The zero-order valence-corrected chi connectivity index (χ0v) is 12.4. The van der Waals surface area contributed by atoms with Crippen LogP contribution in [0.1, 0.15) is 46.0 Å². The summed E-state index contributed by atoms with van der Waals surface area (Å²) in [6.45, 7) is 5.60. The molecule has 1 aliphatic heterocycles. The third kappa shape index (κ3) is 2.85. The van der Waals surface area contributed by atoms with Gasteiger partial charge in [-0.2, -0.15) is 0 Å². The van der Waals surface area contributed by atoms with Gasteiger partial charge in [-0.15, -0.1) is 0 Å². The van der Waals surface area contributed by atoms with Gasteiger partial charge in [0.15, 0.2) is 0 Å². The number of nitrogens with one attached hydrogen (secondary N) is 2. The Labute approximate surface area is 124 Å². The summed E-state index contributed by atoms with van der Waals surface area (Å²) in [7, 11) is 0. The summed E-state index contributed by atoms with van der Waals surface area (Å²) in [5, 5.41) is 6.35. The summed E-state index contributed by atoms with van der Waals surface area (Å²) in [4.78, 5) is 12.5. The van der Waals surface area contributed by atoms with Crippen LogP contribution in [0.2, 0.25) is 0 Å². The highest BCUT2D eigenvalue weighted by molar-refractivity contribution is 5.96. The van der Waals surface area contributed by atoms with Crippen molar-refractivity contribution in [2.24, 2.45) is 0 Å². The summed E-state index contributed by atoms with van der Waals surface area (Å²) in [5.74, 6) is 1.61. The van der Waals surface area contributed by atoms with Gasteiger partial charge in [-0.25, -0.2) is 0 Å². The molecule has 0 bridgehead atoms. The lowest BCUT2D eigenvalue weighted by atomic mass is 9.95. The first-order valence-electron chi connectivity index (χ1n) is 7.34. The molecule has 1 atom stereocenters. The number of amides is 1. The minimum absolute atomic E-state index is 0.0321. The van der Waals surface area contributed by atoms with Gasteiger partial charge in [0.05, 0.1) is 6.04 Å². The molecule has 0 fully saturated rings. The average molecular weight is 284 g/mol. The molecule has 4 nitrogen and oxygen atoms in total. The molecule has 1 aromatic heterocycles. The summed E-state index contributed by atoms with van der Waals surface area (Å²) < 4.78 is 5.57. The largest absolute Gasteiger partial charge is 0.464 e. The molecule has 1 aromatic carbocycles. The maximum absolute atomic E-state index is 12.5. The number of fused-ring (bicyclic) bond motifs is 1. The Balaban J connectivity index is 1.79. The number of carbonyl (C=O) groups excluding carboxylic acids is 1. The van der Waals surface area contributed by atoms with E-state index < -0.39 is 0 Å². The van der Waals surface area contributed by atoms with Gasteiger partial charge in [-0.05, 0) is 56.1 Å². The van der Waals surface area contributed by atoms with Crippen LogP contribution in [0, 0.1) is 6.92 Å². The van der Waals surface area contributed by atoms with Crippen molar-refractivity contribution in [2.45, 2.75) is 32.9 Å². The third-order valence-corrected chi connectivity index (χ3v) is 3.92. The van der Waals surface area contributed by atoms with E-state index in [-0.39, 0.29) is 11.9 Å². The Bertz CT molecular complexity index is 661. The van der Waals surface area contributed by atoms with Crippen molar-refractivity contribution in [1.82, 2.24) is 10.6 Å². The fourth-order valence-corrected chi connectivity index (χ4v) is 2.78. The Hall–Kier alpha value is -2.07. The van der Waals surface area contributed by atoms with Crippen molar-refractivity contribution >= 4 is 5.91 Å². The number of carbonyl (C=O) groups is 1. The van der Waals surface area contributed by atoms with E-state index in [0.717, 1.165) is 42.2 Å². The number of furan rings is 1. The summed E-state index contributed by atoms with van der Waals surface area (Å²) in [6.07, 6.45) is 0.896. The van der Waals surface area contributed by atoms with Crippen LogP contribution in [0.3, 0.4) is 0 Å². The second-order valence-electron chi connectivity index (χ2n) is 5.51. The number of aryl methyl sites for hydroxylation is 1. The molecule has 2 heterocycles. The predicted molar refractivity (Wildman–Crippen MR) is 81.2 cm³/mol. The van der Waals surface area contributed by atoms with Crippen molar-refractivity contribution < 1.29 is 9.21 Å². The van der Waals surface area contributed by atoms with E-state index in [1.54, 1.807) is 0 Å². The quantitative estimate of drug-likeness (QED) is 0.911. The van der Waals surface area contributed by atoms with Gasteiger partial charge in [0.25, 0.3) is 5.91 Å². The van der Waals surface area contributed by atoms with Gasteiger partial charge < -0.3 is 15.1 Å². The van der Waals surface area contributed by atoms with Crippen LogP contribution < -0.4 is 10.6 Å². The molecule has 21 heavy (non-hydrogen) atoms. The SMILES string of the molecule is Cc1ccc(C(C)NC(=O)c2cccc3c2CCNC3)o1. The highest BCUT2D eigenvalue weighted by Gasteiger charge is 2.19. The van der Waals surface area contributed by atoms with Crippen LogP contribution in [-0.4, -0.2) is 12.5 Å². The fourth-order valence-electron chi connectivity index (χ4n) is 2.78. The second-order valence-corrected chi connectivity index (χ2v) is 5.51. The number of hydrogen-bond acceptors (Lipinski definition) is 3. The molecule has 1 unspecified atom stereocenters. The lowest BCUT2D eigenvalue weighted by Crippen LogP contribution is -2.30. The Morgan fingerprint density at radius 3 is 2.95 bits per heavy atom. The van der Waals surface area contributed by atoms with Crippen molar-refractivity contribution in [2.75, 3.05) is 6.54 Å². The van der Waals surface area contributed by atoms with Gasteiger partial charge in [0.1, 0.15) is 11.5 Å². The number of benzene rings is 1. The van der Waals surface area contributed by atoms with Crippen LogP contribution in [0.4, 0.5) is 0 Å².